The van der Waals surface area contributed by atoms with Crippen molar-refractivity contribution < 1.29 is 38.1 Å². The maximum atomic E-state index is 13.7. The smallest absolute Gasteiger partial charge is 0.312 e. The summed E-state index contributed by atoms with van der Waals surface area (Å²) >= 11 is 0. The summed E-state index contributed by atoms with van der Waals surface area (Å²) in [6.07, 6.45) is 10.6. The first-order valence-electron chi connectivity index (χ1n) is 17.9. The molecule has 9 aliphatic carbocycles. The minimum absolute atomic E-state index is 0.000550. The van der Waals surface area contributed by atoms with E-state index in [1.807, 2.05) is 0 Å². The van der Waals surface area contributed by atoms with Crippen LogP contribution >= 0.6 is 0 Å². The van der Waals surface area contributed by atoms with Crippen molar-refractivity contribution in [2.75, 3.05) is 13.2 Å². The molecule has 0 amide bonds. The van der Waals surface area contributed by atoms with Crippen LogP contribution in [0.5, 0.6) is 0 Å². The molecule has 0 aromatic rings. The molecule has 10 aliphatic rings. The van der Waals surface area contributed by atoms with Gasteiger partial charge in [-0.05, 0) is 107 Å². The van der Waals surface area contributed by atoms with Crippen LogP contribution in [0.25, 0.3) is 0 Å². The zero-order chi connectivity index (χ0) is 31.3. The highest BCUT2D eigenvalue weighted by atomic mass is 16.7. The lowest BCUT2D eigenvalue weighted by atomic mass is 9.49. The highest BCUT2D eigenvalue weighted by molar-refractivity contribution is 5.90. The van der Waals surface area contributed by atoms with Gasteiger partial charge in [0, 0.05) is 29.2 Å². The second kappa shape index (κ2) is 10.6. The van der Waals surface area contributed by atoms with Gasteiger partial charge in [0.05, 0.1) is 10.8 Å². The predicted molar refractivity (Wildman–Crippen MR) is 162 cm³/mol. The third-order valence-corrected chi connectivity index (χ3v) is 13.8. The standard InChI is InChI=1S/C37H50O8/c1-4-35(3)10-20(2)5-27(13-35)32-44-28(18-42-33(40)36-11-21-6-23(14-36)30(38)24(7-21)15-36)29(45-32)19-43-34(41)37-12-22-8-25(16-37)31(39)26(9-22)17-37/h20-26,28-29H,4-19H2,1-3H3. The molecule has 8 heteroatoms. The molecule has 0 aromatic heterocycles. The Bertz CT molecular complexity index is 1220. The van der Waals surface area contributed by atoms with Crippen molar-refractivity contribution in [1.29, 1.82) is 0 Å². The highest BCUT2D eigenvalue weighted by Gasteiger charge is 2.60. The lowest BCUT2D eigenvalue weighted by molar-refractivity contribution is -0.180. The number of Topliss-reactive ketones (excluding diaryl/α,β-unsaturated/α-hetero) is 2. The summed E-state index contributed by atoms with van der Waals surface area (Å²) in [6.45, 7) is 6.88. The number of ketones is 2. The van der Waals surface area contributed by atoms with E-state index in [1.165, 1.54) is 0 Å². The van der Waals surface area contributed by atoms with Crippen molar-refractivity contribution in [2.45, 2.75) is 123 Å². The Morgan fingerprint density at radius 1 is 0.733 bits per heavy atom. The first-order valence-corrected chi connectivity index (χ1v) is 17.9. The average molecular weight is 623 g/mol. The molecule has 246 valence electrons. The number of hydrogen-bond acceptors (Lipinski definition) is 8. The fraction of sp³-hybridized carbons (Fsp3) is 0.838. The summed E-state index contributed by atoms with van der Waals surface area (Å²) in [6, 6.07) is 0. The van der Waals surface area contributed by atoms with Gasteiger partial charge in [0.15, 0.2) is 12.2 Å². The molecule has 8 atom stereocenters. The summed E-state index contributed by atoms with van der Waals surface area (Å²) < 4.78 is 25.1. The number of hydrogen-bond donors (Lipinski definition) is 0. The number of ether oxygens (including phenoxy) is 4. The third-order valence-electron chi connectivity index (χ3n) is 13.8. The molecule has 45 heavy (non-hydrogen) atoms. The van der Waals surface area contributed by atoms with Crippen LogP contribution in [-0.2, 0) is 38.1 Å². The Kier molecular flexibility index (Phi) is 7.04. The molecule has 8 unspecified atom stereocenters. The number of carbonyl (C=O) groups excluding carboxylic acids is 4. The first kappa shape index (κ1) is 30.0. The molecule has 10 rings (SSSR count). The van der Waals surface area contributed by atoms with E-state index in [9.17, 15) is 19.2 Å². The molecular weight excluding hydrogens is 572 g/mol. The van der Waals surface area contributed by atoms with Crippen molar-refractivity contribution in [1.82, 2.24) is 0 Å². The first-order chi connectivity index (χ1) is 21.5. The molecule has 1 aliphatic heterocycles. The van der Waals surface area contributed by atoms with E-state index < -0.39 is 23.0 Å². The molecule has 8 nitrogen and oxygen atoms in total. The number of allylic oxidation sites excluding steroid dienone is 1. The van der Waals surface area contributed by atoms with E-state index in [2.05, 4.69) is 20.8 Å². The molecule has 10 fully saturated rings. The van der Waals surface area contributed by atoms with E-state index in [4.69, 9.17) is 18.9 Å². The molecule has 9 saturated carbocycles. The van der Waals surface area contributed by atoms with E-state index in [0.717, 1.165) is 69.8 Å². The minimum Gasteiger partial charge on any atom is -0.461 e. The average Bonchev–Trinajstić information content (AvgIpc) is 3.41. The van der Waals surface area contributed by atoms with Gasteiger partial charge in [-0.15, -0.1) is 0 Å². The van der Waals surface area contributed by atoms with Gasteiger partial charge in [-0.2, -0.15) is 0 Å². The zero-order valence-electron chi connectivity index (χ0n) is 27.3. The zero-order valence-corrected chi connectivity index (χ0v) is 27.3. The molecule has 8 bridgehead atoms. The van der Waals surface area contributed by atoms with Crippen LogP contribution in [0.1, 0.15) is 111 Å². The summed E-state index contributed by atoms with van der Waals surface area (Å²) in [5.74, 6) is 2.17. The maximum absolute atomic E-state index is 13.7. The Morgan fingerprint density at radius 2 is 1.18 bits per heavy atom. The minimum atomic E-state index is -0.581. The summed E-state index contributed by atoms with van der Waals surface area (Å²) in [5.41, 5.74) is 0.197. The van der Waals surface area contributed by atoms with Crippen LogP contribution in [0, 0.1) is 57.7 Å². The van der Waals surface area contributed by atoms with Crippen molar-refractivity contribution >= 4 is 23.5 Å². The molecule has 0 N–H and O–H groups in total. The van der Waals surface area contributed by atoms with E-state index in [-0.39, 0.29) is 54.2 Å². The van der Waals surface area contributed by atoms with Crippen LogP contribution in [0.2, 0.25) is 0 Å². The lowest BCUT2D eigenvalue weighted by Crippen LogP contribution is -2.55. The van der Waals surface area contributed by atoms with Gasteiger partial charge < -0.3 is 18.9 Å². The predicted octanol–water partition coefficient (Wildman–Crippen LogP) is 6.10. The van der Waals surface area contributed by atoms with Crippen LogP contribution in [0.4, 0.5) is 0 Å². The van der Waals surface area contributed by atoms with Gasteiger partial charge in [-0.25, -0.2) is 0 Å². The second-order valence-corrected chi connectivity index (χ2v) is 17.3. The fourth-order valence-corrected chi connectivity index (χ4v) is 11.9. The van der Waals surface area contributed by atoms with Gasteiger partial charge in [0.1, 0.15) is 24.8 Å². The Hall–Kier alpha value is -2.38. The van der Waals surface area contributed by atoms with Crippen LogP contribution in [-0.4, -0.2) is 48.9 Å². The quantitative estimate of drug-likeness (QED) is 0.314. The van der Waals surface area contributed by atoms with Gasteiger partial charge >= 0.3 is 11.9 Å². The van der Waals surface area contributed by atoms with E-state index in [1.54, 1.807) is 0 Å². The van der Waals surface area contributed by atoms with Gasteiger partial charge in [-0.3, -0.25) is 19.2 Å². The Balaban J connectivity index is 0.981. The summed E-state index contributed by atoms with van der Waals surface area (Å²) in [4.78, 5) is 52.9. The van der Waals surface area contributed by atoms with E-state index in [0.29, 0.717) is 60.9 Å². The SMILES string of the molecule is CCC1(C)CC(=C2OC(COC(=O)C34CC5CC(C3)C(=O)C(C5)C4)C(COC(=O)C34CC5CC(C3)C(=O)C(C5)C4)O2)CC(C)C1. The Labute approximate surface area is 266 Å². The molecule has 1 saturated heterocycles. The normalized spacial score (nSPS) is 47.6. The van der Waals surface area contributed by atoms with Gasteiger partial charge in [0.2, 0.25) is 0 Å². The van der Waals surface area contributed by atoms with Crippen molar-refractivity contribution in [2.24, 2.45) is 57.7 Å². The number of carbonyl (C=O) groups is 4. The second-order valence-electron chi connectivity index (χ2n) is 17.3. The van der Waals surface area contributed by atoms with Crippen LogP contribution in [0.15, 0.2) is 11.5 Å². The summed E-state index contributed by atoms with van der Waals surface area (Å²) in [7, 11) is 0. The topological polar surface area (TPSA) is 105 Å². The van der Waals surface area contributed by atoms with Gasteiger partial charge in [-0.1, -0.05) is 27.2 Å². The largest absolute Gasteiger partial charge is 0.461 e. The highest BCUT2D eigenvalue weighted by Crippen LogP contribution is 2.60. The lowest BCUT2D eigenvalue weighted by Gasteiger charge is -2.54. The van der Waals surface area contributed by atoms with Crippen molar-refractivity contribution in [3.8, 4) is 0 Å². The van der Waals surface area contributed by atoms with Crippen LogP contribution < -0.4 is 0 Å². The molecule has 1 heterocycles. The van der Waals surface area contributed by atoms with Crippen LogP contribution in [0.3, 0.4) is 0 Å². The molecular formula is C37H50O8. The number of esters is 2. The van der Waals surface area contributed by atoms with Gasteiger partial charge in [0.25, 0.3) is 5.95 Å². The van der Waals surface area contributed by atoms with E-state index >= 15 is 0 Å². The number of rotatable bonds is 7. The van der Waals surface area contributed by atoms with Crippen molar-refractivity contribution in [3.05, 3.63) is 11.5 Å². The third kappa shape index (κ3) is 4.97. The summed E-state index contributed by atoms with van der Waals surface area (Å²) in [5, 5.41) is 0. The molecule has 0 aromatic carbocycles. The fourth-order valence-electron chi connectivity index (χ4n) is 11.9. The molecule has 0 spiro atoms. The monoisotopic (exact) mass is 622 g/mol. The van der Waals surface area contributed by atoms with Crippen molar-refractivity contribution in [3.63, 3.8) is 0 Å². The molecule has 0 radical (unpaired) electrons. The Morgan fingerprint density at radius 3 is 1.60 bits per heavy atom. The maximum Gasteiger partial charge on any atom is 0.312 e.